The van der Waals surface area contributed by atoms with E-state index in [0.29, 0.717) is 12.1 Å². The average molecular weight is 226 g/mol. The molecule has 3 heteroatoms. The highest BCUT2D eigenvalue weighted by molar-refractivity contribution is 5.59. The Morgan fingerprint density at radius 2 is 1.82 bits per heavy atom. The first-order chi connectivity index (χ1) is 8.28. The van der Waals surface area contributed by atoms with E-state index in [1.165, 1.54) is 12.1 Å². The molecule has 0 fully saturated rings. The molecule has 0 aliphatic heterocycles. The molecule has 2 aromatic carbocycles. The predicted molar refractivity (Wildman–Crippen MR) is 65.4 cm³/mol. The number of benzene rings is 2. The van der Waals surface area contributed by atoms with Gasteiger partial charge in [-0.15, -0.1) is 0 Å². The molecule has 84 valence electrons. The summed E-state index contributed by atoms with van der Waals surface area (Å²) in [5.74, 6) is -0.267. The van der Waals surface area contributed by atoms with Gasteiger partial charge < -0.3 is 5.32 Å². The lowest BCUT2D eigenvalue weighted by atomic mass is 10.1. The van der Waals surface area contributed by atoms with Crippen LogP contribution in [0.3, 0.4) is 0 Å². The van der Waals surface area contributed by atoms with Gasteiger partial charge in [-0.3, -0.25) is 0 Å². The van der Waals surface area contributed by atoms with E-state index in [9.17, 15) is 4.39 Å². The zero-order valence-electron chi connectivity index (χ0n) is 9.15. The van der Waals surface area contributed by atoms with Gasteiger partial charge >= 0.3 is 0 Å². The Kier molecular flexibility index (Phi) is 3.37. The molecule has 0 bridgehead atoms. The van der Waals surface area contributed by atoms with Gasteiger partial charge in [0.05, 0.1) is 12.5 Å². The van der Waals surface area contributed by atoms with Crippen molar-refractivity contribution < 1.29 is 4.39 Å². The largest absolute Gasteiger partial charge is 0.355 e. The van der Waals surface area contributed by atoms with Crippen LogP contribution in [0, 0.1) is 17.1 Å². The highest BCUT2D eigenvalue weighted by Gasteiger charge is 1.97. The summed E-state index contributed by atoms with van der Waals surface area (Å²) >= 11 is 0. The third-order valence-corrected chi connectivity index (χ3v) is 2.35. The lowest BCUT2D eigenvalue weighted by molar-refractivity contribution is 0.628. The third kappa shape index (κ3) is 3.05. The molecule has 0 heterocycles. The number of hydrogen-bond donors (Lipinski definition) is 1. The first-order valence-electron chi connectivity index (χ1n) is 5.26. The maximum Gasteiger partial charge on any atom is 0.125 e. The number of nitriles is 1. The van der Waals surface area contributed by atoms with E-state index in [1.807, 2.05) is 24.3 Å². The average Bonchev–Trinajstić information content (AvgIpc) is 2.32. The topological polar surface area (TPSA) is 35.8 Å². The molecule has 0 spiro atoms. The fourth-order valence-electron chi connectivity index (χ4n) is 1.53. The van der Waals surface area contributed by atoms with E-state index in [1.54, 1.807) is 12.1 Å². The van der Waals surface area contributed by atoms with Gasteiger partial charge in [0.25, 0.3) is 0 Å². The zero-order chi connectivity index (χ0) is 12.1. The third-order valence-electron chi connectivity index (χ3n) is 2.35. The molecule has 2 aromatic rings. The maximum atomic E-state index is 13.0. The minimum Gasteiger partial charge on any atom is -0.355 e. The van der Waals surface area contributed by atoms with Gasteiger partial charge in [-0.1, -0.05) is 18.2 Å². The lowest BCUT2D eigenvalue weighted by Gasteiger charge is -2.06. The molecule has 17 heavy (non-hydrogen) atoms. The summed E-state index contributed by atoms with van der Waals surface area (Å²) in [6.45, 7) is 0. The first kappa shape index (κ1) is 11.2. The molecule has 0 unspecified atom stereocenters. The summed E-state index contributed by atoms with van der Waals surface area (Å²) in [5.41, 5.74) is 2.55. The van der Waals surface area contributed by atoms with Crippen LogP contribution in [0.25, 0.3) is 0 Å². The number of halogens is 1. The standard InChI is InChI=1S/C14H11FN2/c15-12-2-1-3-14(10-12)17-13-6-4-11(5-7-13)8-9-16/h1-7,10,17H,8H2. The van der Waals surface area contributed by atoms with Crippen LogP contribution in [0.5, 0.6) is 0 Å². The molecule has 0 radical (unpaired) electrons. The molecule has 0 aliphatic carbocycles. The van der Waals surface area contributed by atoms with Crippen molar-refractivity contribution in [3.05, 3.63) is 59.9 Å². The summed E-state index contributed by atoms with van der Waals surface area (Å²) < 4.78 is 13.0. The van der Waals surface area contributed by atoms with Crippen LogP contribution in [0.1, 0.15) is 5.56 Å². The summed E-state index contributed by atoms with van der Waals surface area (Å²) in [6.07, 6.45) is 0.403. The zero-order valence-corrected chi connectivity index (χ0v) is 9.15. The second-order valence-electron chi connectivity index (χ2n) is 3.67. The van der Waals surface area contributed by atoms with Gasteiger partial charge in [0, 0.05) is 11.4 Å². The second-order valence-corrected chi connectivity index (χ2v) is 3.67. The van der Waals surface area contributed by atoms with Crippen molar-refractivity contribution in [2.45, 2.75) is 6.42 Å². The van der Waals surface area contributed by atoms with Crippen LogP contribution in [0.2, 0.25) is 0 Å². The van der Waals surface area contributed by atoms with Crippen molar-refractivity contribution in [1.82, 2.24) is 0 Å². The molecule has 2 rings (SSSR count). The van der Waals surface area contributed by atoms with Gasteiger partial charge in [-0.05, 0) is 35.9 Å². The molecule has 1 N–H and O–H groups in total. The normalized spacial score (nSPS) is 9.65. The molecular weight excluding hydrogens is 215 g/mol. The molecule has 0 amide bonds. The Hall–Kier alpha value is -2.34. The van der Waals surface area contributed by atoms with E-state index in [4.69, 9.17) is 5.26 Å². The quantitative estimate of drug-likeness (QED) is 0.867. The van der Waals surface area contributed by atoms with Crippen LogP contribution in [0.4, 0.5) is 15.8 Å². The van der Waals surface area contributed by atoms with E-state index in [0.717, 1.165) is 11.3 Å². The van der Waals surface area contributed by atoms with Crippen molar-refractivity contribution in [3.63, 3.8) is 0 Å². The van der Waals surface area contributed by atoms with Crippen molar-refractivity contribution >= 4 is 11.4 Å². The lowest BCUT2D eigenvalue weighted by Crippen LogP contribution is -1.91. The Morgan fingerprint density at radius 3 is 2.47 bits per heavy atom. The number of nitrogens with zero attached hydrogens (tertiary/aromatic N) is 1. The molecule has 0 aliphatic rings. The number of anilines is 2. The van der Waals surface area contributed by atoms with Crippen LogP contribution >= 0.6 is 0 Å². The molecule has 2 nitrogen and oxygen atoms in total. The second kappa shape index (κ2) is 5.13. The summed E-state index contributed by atoms with van der Waals surface area (Å²) in [4.78, 5) is 0. The number of hydrogen-bond acceptors (Lipinski definition) is 2. The Bertz CT molecular complexity index is 541. The fraction of sp³-hybridized carbons (Fsp3) is 0.0714. The predicted octanol–water partition coefficient (Wildman–Crippen LogP) is 3.64. The SMILES string of the molecule is N#CCc1ccc(Nc2cccc(F)c2)cc1. The van der Waals surface area contributed by atoms with E-state index >= 15 is 0 Å². The number of nitrogens with one attached hydrogen (secondary N) is 1. The van der Waals surface area contributed by atoms with E-state index in [-0.39, 0.29) is 5.82 Å². The molecule has 0 saturated heterocycles. The van der Waals surface area contributed by atoms with Crippen molar-refractivity contribution in [2.24, 2.45) is 0 Å². The van der Waals surface area contributed by atoms with Crippen molar-refractivity contribution in [2.75, 3.05) is 5.32 Å². The minimum atomic E-state index is -0.267. The van der Waals surface area contributed by atoms with E-state index in [2.05, 4.69) is 11.4 Å². The summed E-state index contributed by atoms with van der Waals surface area (Å²) in [6, 6.07) is 15.9. The first-order valence-corrected chi connectivity index (χ1v) is 5.26. The monoisotopic (exact) mass is 226 g/mol. The van der Waals surface area contributed by atoms with Gasteiger partial charge in [-0.2, -0.15) is 5.26 Å². The number of rotatable bonds is 3. The Labute approximate surface area is 99.3 Å². The highest BCUT2D eigenvalue weighted by atomic mass is 19.1. The van der Waals surface area contributed by atoms with Gasteiger partial charge in [0.2, 0.25) is 0 Å². The smallest absolute Gasteiger partial charge is 0.125 e. The fourth-order valence-corrected chi connectivity index (χ4v) is 1.53. The van der Waals surface area contributed by atoms with Gasteiger partial charge in [0.1, 0.15) is 5.82 Å². The Morgan fingerprint density at radius 1 is 1.06 bits per heavy atom. The highest BCUT2D eigenvalue weighted by Crippen LogP contribution is 2.17. The molecule has 0 aromatic heterocycles. The van der Waals surface area contributed by atoms with Crippen LogP contribution in [0.15, 0.2) is 48.5 Å². The Balaban J connectivity index is 2.11. The van der Waals surface area contributed by atoms with Crippen LogP contribution in [-0.4, -0.2) is 0 Å². The van der Waals surface area contributed by atoms with E-state index < -0.39 is 0 Å². The molecular formula is C14H11FN2. The van der Waals surface area contributed by atoms with Gasteiger partial charge in [0.15, 0.2) is 0 Å². The van der Waals surface area contributed by atoms with Crippen LogP contribution in [-0.2, 0) is 6.42 Å². The van der Waals surface area contributed by atoms with Crippen molar-refractivity contribution in [1.29, 1.82) is 5.26 Å². The summed E-state index contributed by atoms with van der Waals surface area (Å²) in [7, 11) is 0. The molecule has 0 saturated carbocycles. The van der Waals surface area contributed by atoms with Crippen molar-refractivity contribution in [3.8, 4) is 6.07 Å². The van der Waals surface area contributed by atoms with Gasteiger partial charge in [-0.25, -0.2) is 4.39 Å². The minimum absolute atomic E-state index is 0.267. The molecule has 0 atom stereocenters. The maximum absolute atomic E-state index is 13.0. The summed E-state index contributed by atoms with van der Waals surface area (Å²) in [5, 5.41) is 11.6. The van der Waals surface area contributed by atoms with Crippen LogP contribution < -0.4 is 5.32 Å².